The Hall–Kier alpha value is -2.41. The number of halogens is 1. The number of piperidine rings is 1. The molecule has 7 heteroatoms. The largest absolute Gasteiger partial charge is 0.366 e. The van der Waals surface area contributed by atoms with Gasteiger partial charge in [0.05, 0.1) is 4.92 Å². The molecule has 26 heavy (non-hydrogen) atoms. The van der Waals surface area contributed by atoms with E-state index in [2.05, 4.69) is 28.2 Å². The highest BCUT2D eigenvalue weighted by atomic mass is 79.9. The number of amides is 1. The van der Waals surface area contributed by atoms with Crippen LogP contribution in [0.3, 0.4) is 0 Å². The summed E-state index contributed by atoms with van der Waals surface area (Å²) in [5.74, 6) is 0.269. The van der Waals surface area contributed by atoms with Crippen LogP contribution in [0.1, 0.15) is 30.1 Å². The summed E-state index contributed by atoms with van der Waals surface area (Å²) in [5.41, 5.74) is 1.45. The third-order valence-corrected chi connectivity index (χ3v) is 5.13. The molecule has 0 unspecified atom stereocenters. The van der Waals surface area contributed by atoms with Gasteiger partial charge in [0.25, 0.3) is 11.6 Å². The van der Waals surface area contributed by atoms with Crippen molar-refractivity contribution in [1.82, 2.24) is 0 Å². The highest BCUT2D eigenvalue weighted by Gasteiger charge is 2.24. The van der Waals surface area contributed by atoms with Crippen molar-refractivity contribution in [2.75, 3.05) is 23.3 Å². The van der Waals surface area contributed by atoms with E-state index in [9.17, 15) is 14.9 Å². The summed E-state index contributed by atoms with van der Waals surface area (Å²) in [7, 11) is 0. The number of nitro benzene ring substituents is 1. The number of nitrogens with zero attached hydrogens (tertiary/aromatic N) is 2. The molecule has 0 atom stereocenters. The molecule has 3 rings (SSSR count). The van der Waals surface area contributed by atoms with Crippen molar-refractivity contribution in [2.24, 2.45) is 5.92 Å². The topological polar surface area (TPSA) is 75.5 Å². The van der Waals surface area contributed by atoms with E-state index in [1.165, 1.54) is 6.07 Å². The first-order valence-corrected chi connectivity index (χ1v) is 9.33. The first kappa shape index (κ1) is 18.4. The predicted molar refractivity (Wildman–Crippen MR) is 106 cm³/mol. The summed E-state index contributed by atoms with van der Waals surface area (Å²) in [5, 5.41) is 14.3. The average molecular weight is 418 g/mol. The standard InChI is InChI=1S/C19H20BrN3O3/c1-13-7-9-22(10-8-13)17-6-5-14(11-18(17)23(25)26)19(24)21-16-4-2-3-15(20)12-16/h2-6,11-13H,7-10H2,1H3,(H,21,24). The minimum absolute atomic E-state index is 0.0264. The van der Waals surface area contributed by atoms with Gasteiger partial charge in [-0.05, 0) is 49.1 Å². The smallest absolute Gasteiger partial charge is 0.293 e. The lowest BCUT2D eigenvalue weighted by atomic mass is 9.98. The monoisotopic (exact) mass is 417 g/mol. The number of benzene rings is 2. The van der Waals surface area contributed by atoms with Crippen molar-refractivity contribution < 1.29 is 9.72 Å². The van der Waals surface area contributed by atoms with Gasteiger partial charge in [-0.2, -0.15) is 0 Å². The van der Waals surface area contributed by atoms with Gasteiger partial charge in [-0.15, -0.1) is 0 Å². The number of nitrogens with one attached hydrogen (secondary N) is 1. The molecule has 0 spiro atoms. The van der Waals surface area contributed by atoms with Gasteiger partial charge < -0.3 is 10.2 Å². The molecule has 6 nitrogen and oxygen atoms in total. The molecular formula is C19H20BrN3O3. The Balaban J connectivity index is 1.83. The van der Waals surface area contributed by atoms with E-state index < -0.39 is 4.92 Å². The molecule has 2 aromatic rings. The van der Waals surface area contributed by atoms with E-state index in [1.54, 1.807) is 24.3 Å². The van der Waals surface area contributed by atoms with Crippen LogP contribution in [0.5, 0.6) is 0 Å². The van der Waals surface area contributed by atoms with Gasteiger partial charge in [0.15, 0.2) is 0 Å². The lowest BCUT2D eigenvalue weighted by molar-refractivity contribution is -0.384. The zero-order valence-electron chi connectivity index (χ0n) is 14.4. The van der Waals surface area contributed by atoms with Crippen LogP contribution in [0.4, 0.5) is 17.1 Å². The Kier molecular flexibility index (Phi) is 5.56. The quantitative estimate of drug-likeness (QED) is 0.569. The van der Waals surface area contributed by atoms with Crippen LogP contribution in [-0.2, 0) is 0 Å². The number of hydrogen-bond donors (Lipinski definition) is 1. The fourth-order valence-electron chi connectivity index (χ4n) is 3.10. The first-order chi connectivity index (χ1) is 12.4. The van der Waals surface area contributed by atoms with Gasteiger partial charge in [0.1, 0.15) is 5.69 Å². The Morgan fingerprint density at radius 2 is 1.96 bits per heavy atom. The summed E-state index contributed by atoms with van der Waals surface area (Å²) in [6, 6.07) is 11.9. The lowest BCUT2D eigenvalue weighted by Gasteiger charge is -2.31. The number of rotatable bonds is 4. The zero-order valence-corrected chi connectivity index (χ0v) is 16.0. The van der Waals surface area contributed by atoms with E-state index in [4.69, 9.17) is 0 Å². The van der Waals surface area contributed by atoms with E-state index in [1.807, 2.05) is 17.0 Å². The van der Waals surface area contributed by atoms with Gasteiger partial charge in [0.2, 0.25) is 0 Å². The summed E-state index contributed by atoms with van der Waals surface area (Å²) < 4.78 is 0.843. The van der Waals surface area contributed by atoms with E-state index >= 15 is 0 Å². The third kappa shape index (κ3) is 4.22. The molecule has 0 aliphatic carbocycles. The van der Waals surface area contributed by atoms with Crippen molar-refractivity contribution in [2.45, 2.75) is 19.8 Å². The van der Waals surface area contributed by atoms with Crippen LogP contribution in [-0.4, -0.2) is 23.9 Å². The number of carbonyl (C=O) groups is 1. The van der Waals surface area contributed by atoms with E-state index in [-0.39, 0.29) is 17.2 Å². The van der Waals surface area contributed by atoms with E-state index in [0.29, 0.717) is 17.3 Å². The maximum absolute atomic E-state index is 12.5. The normalized spacial score (nSPS) is 14.9. The minimum atomic E-state index is -0.413. The number of anilines is 2. The molecule has 0 bridgehead atoms. The number of hydrogen-bond acceptors (Lipinski definition) is 4. The average Bonchev–Trinajstić information content (AvgIpc) is 2.62. The van der Waals surface area contributed by atoms with Crippen LogP contribution in [0, 0.1) is 16.0 Å². The highest BCUT2D eigenvalue weighted by molar-refractivity contribution is 9.10. The zero-order chi connectivity index (χ0) is 18.7. The van der Waals surface area contributed by atoms with Crippen molar-refractivity contribution in [1.29, 1.82) is 0 Å². The maximum Gasteiger partial charge on any atom is 0.293 e. The molecule has 1 aliphatic rings. The van der Waals surface area contributed by atoms with Gasteiger partial charge in [-0.1, -0.05) is 28.9 Å². The van der Waals surface area contributed by atoms with Crippen LogP contribution in [0.25, 0.3) is 0 Å². The summed E-state index contributed by atoms with van der Waals surface area (Å²) in [6.07, 6.45) is 2.03. The summed E-state index contributed by atoms with van der Waals surface area (Å²) >= 11 is 3.35. The molecule has 0 radical (unpaired) electrons. The second-order valence-corrected chi connectivity index (χ2v) is 7.51. The molecule has 1 amide bonds. The third-order valence-electron chi connectivity index (χ3n) is 4.64. The fraction of sp³-hybridized carbons (Fsp3) is 0.316. The predicted octanol–water partition coefficient (Wildman–Crippen LogP) is 4.85. The molecule has 1 saturated heterocycles. The highest BCUT2D eigenvalue weighted by Crippen LogP contribution is 2.32. The lowest BCUT2D eigenvalue weighted by Crippen LogP contribution is -2.33. The minimum Gasteiger partial charge on any atom is -0.366 e. The van der Waals surface area contributed by atoms with Gasteiger partial charge >= 0.3 is 0 Å². The van der Waals surface area contributed by atoms with Gasteiger partial charge in [0, 0.05) is 34.9 Å². The van der Waals surface area contributed by atoms with Crippen LogP contribution in [0.2, 0.25) is 0 Å². The maximum atomic E-state index is 12.5. The molecule has 0 aromatic heterocycles. The van der Waals surface area contributed by atoms with E-state index in [0.717, 1.165) is 30.4 Å². The number of carbonyl (C=O) groups excluding carboxylic acids is 1. The van der Waals surface area contributed by atoms with Crippen molar-refractivity contribution in [3.63, 3.8) is 0 Å². The molecule has 1 fully saturated rings. The van der Waals surface area contributed by atoms with Crippen molar-refractivity contribution in [3.8, 4) is 0 Å². The van der Waals surface area contributed by atoms with Crippen LogP contribution >= 0.6 is 15.9 Å². The Morgan fingerprint density at radius 3 is 2.62 bits per heavy atom. The van der Waals surface area contributed by atoms with Crippen molar-refractivity contribution in [3.05, 3.63) is 62.6 Å². The van der Waals surface area contributed by atoms with Gasteiger partial charge in [-0.25, -0.2) is 0 Å². The first-order valence-electron chi connectivity index (χ1n) is 8.54. The second-order valence-electron chi connectivity index (χ2n) is 6.59. The Labute approximate surface area is 160 Å². The molecule has 1 heterocycles. The van der Waals surface area contributed by atoms with Crippen LogP contribution < -0.4 is 10.2 Å². The molecule has 1 N–H and O–H groups in total. The second kappa shape index (κ2) is 7.86. The molecule has 1 aliphatic heterocycles. The fourth-order valence-corrected chi connectivity index (χ4v) is 3.50. The molecule has 0 saturated carbocycles. The summed E-state index contributed by atoms with van der Waals surface area (Å²) in [4.78, 5) is 25.6. The van der Waals surface area contributed by atoms with Crippen molar-refractivity contribution >= 4 is 38.9 Å². The summed E-state index contributed by atoms with van der Waals surface area (Å²) in [6.45, 7) is 3.79. The van der Waals surface area contributed by atoms with Crippen LogP contribution in [0.15, 0.2) is 46.9 Å². The Morgan fingerprint density at radius 1 is 1.23 bits per heavy atom. The molecule has 2 aromatic carbocycles. The van der Waals surface area contributed by atoms with Gasteiger partial charge in [-0.3, -0.25) is 14.9 Å². The SMILES string of the molecule is CC1CCN(c2ccc(C(=O)Nc3cccc(Br)c3)cc2[N+](=O)[O-])CC1. The Bertz CT molecular complexity index is 833. The molecule has 136 valence electrons. The molecular weight excluding hydrogens is 398 g/mol. The number of nitro groups is 1.